The summed E-state index contributed by atoms with van der Waals surface area (Å²) in [7, 11) is 0. The first-order valence-electron chi connectivity index (χ1n) is 11.0. The van der Waals surface area contributed by atoms with Crippen LogP contribution in [0.1, 0.15) is 69.1 Å². The molecule has 2 saturated heterocycles. The molecule has 0 bridgehead atoms. The summed E-state index contributed by atoms with van der Waals surface area (Å²) in [5.41, 5.74) is 0. The van der Waals surface area contributed by atoms with Gasteiger partial charge in [-0.15, -0.1) is 10.2 Å². The Balaban J connectivity index is 1.34. The fourth-order valence-corrected chi connectivity index (χ4v) is 4.83. The smallest absolute Gasteiger partial charge is 0.223 e. The van der Waals surface area contributed by atoms with Crippen LogP contribution in [0, 0.1) is 0 Å². The van der Waals surface area contributed by atoms with E-state index in [9.17, 15) is 4.79 Å². The van der Waals surface area contributed by atoms with Gasteiger partial charge in [0.15, 0.2) is 5.82 Å². The Hall–Kier alpha value is -1.47. The highest BCUT2D eigenvalue weighted by atomic mass is 16.2. The summed E-state index contributed by atoms with van der Waals surface area (Å²) in [6, 6.07) is 0.120. The molecule has 0 radical (unpaired) electrons. The number of aromatic nitrogens is 3. The number of amides is 1. The molecule has 0 spiro atoms. The zero-order valence-corrected chi connectivity index (χ0v) is 16.5. The lowest BCUT2D eigenvalue weighted by atomic mass is 10.2. The minimum absolute atomic E-state index is 0.120. The molecule has 1 aromatic rings. The van der Waals surface area contributed by atoms with Crippen molar-refractivity contribution in [1.29, 1.82) is 0 Å². The molecule has 150 valence electrons. The molecule has 0 aliphatic carbocycles. The molecule has 2 fully saturated rings. The van der Waals surface area contributed by atoms with E-state index in [-0.39, 0.29) is 6.04 Å². The van der Waals surface area contributed by atoms with Crippen LogP contribution in [-0.4, -0.2) is 69.7 Å². The number of carbonyl (C=O) groups is 1. The Labute approximate surface area is 162 Å². The molecule has 7 nitrogen and oxygen atoms in total. The van der Waals surface area contributed by atoms with E-state index < -0.39 is 0 Å². The predicted octanol–water partition coefficient (Wildman–Crippen LogP) is 1.74. The summed E-state index contributed by atoms with van der Waals surface area (Å²) < 4.78 is 2.26. The van der Waals surface area contributed by atoms with Gasteiger partial charge in [0.2, 0.25) is 5.91 Å². The van der Waals surface area contributed by atoms with Gasteiger partial charge in [0.25, 0.3) is 0 Å². The summed E-state index contributed by atoms with van der Waals surface area (Å²) >= 11 is 0. The van der Waals surface area contributed by atoms with E-state index in [0.717, 1.165) is 70.1 Å². The maximum atomic E-state index is 12.9. The third-order valence-electron chi connectivity index (χ3n) is 6.33. The average Bonchev–Trinajstić information content (AvgIpc) is 3.13. The second-order valence-electron chi connectivity index (χ2n) is 8.23. The number of likely N-dealkylation sites (tertiary alicyclic amines) is 2. The molecular formula is C20H34N6O. The molecule has 0 saturated carbocycles. The Morgan fingerprint density at radius 3 is 2.70 bits per heavy atom. The SMILES string of the molecule is O=C(CCCN1CCCCCC1)N1CCC[C@@H]1c1nnc2n1CCNCC2. The maximum Gasteiger partial charge on any atom is 0.223 e. The summed E-state index contributed by atoms with van der Waals surface area (Å²) in [4.78, 5) is 17.6. The molecule has 27 heavy (non-hydrogen) atoms. The Bertz CT molecular complexity index is 622. The first kappa shape index (κ1) is 18.9. The number of rotatable bonds is 5. The van der Waals surface area contributed by atoms with E-state index in [1.54, 1.807) is 0 Å². The predicted molar refractivity (Wildman–Crippen MR) is 104 cm³/mol. The van der Waals surface area contributed by atoms with Crippen molar-refractivity contribution >= 4 is 5.91 Å². The van der Waals surface area contributed by atoms with Crippen molar-refractivity contribution < 1.29 is 4.79 Å². The van der Waals surface area contributed by atoms with Gasteiger partial charge in [-0.25, -0.2) is 0 Å². The Morgan fingerprint density at radius 1 is 1.00 bits per heavy atom. The number of hydrogen-bond acceptors (Lipinski definition) is 5. The average molecular weight is 375 g/mol. The van der Waals surface area contributed by atoms with E-state index in [1.165, 1.54) is 38.8 Å². The highest BCUT2D eigenvalue weighted by Crippen LogP contribution is 2.32. The third kappa shape index (κ3) is 4.51. The minimum Gasteiger partial charge on any atom is -0.332 e. The van der Waals surface area contributed by atoms with Crippen LogP contribution in [0.4, 0.5) is 0 Å². The molecule has 1 amide bonds. The lowest BCUT2D eigenvalue weighted by Crippen LogP contribution is -2.33. The third-order valence-corrected chi connectivity index (χ3v) is 6.33. The monoisotopic (exact) mass is 374 g/mol. The van der Waals surface area contributed by atoms with Crippen LogP contribution in [0.5, 0.6) is 0 Å². The van der Waals surface area contributed by atoms with Crippen LogP contribution in [0.25, 0.3) is 0 Å². The molecule has 4 rings (SSSR count). The van der Waals surface area contributed by atoms with Gasteiger partial charge >= 0.3 is 0 Å². The van der Waals surface area contributed by atoms with Gasteiger partial charge in [0.1, 0.15) is 5.82 Å². The minimum atomic E-state index is 0.120. The lowest BCUT2D eigenvalue weighted by molar-refractivity contribution is -0.132. The topological polar surface area (TPSA) is 66.3 Å². The number of nitrogens with zero attached hydrogens (tertiary/aromatic N) is 5. The van der Waals surface area contributed by atoms with E-state index in [4.69, 9.17) is 0 Å². The van der Waals surface area contributed by atoms with E-state index in [1.807, 2.05) is 0 Å². The molecule has 3 aliphatic heterocycles. The van der Waals surface area contributed by atoms with Crippen LogP contribution in [0.15, 0.2) is 0 Å². The summed E-state index contributed by atoms with van der Waals surface area (Å²) in [5.74, 6) is 2.37. The van der Waals surface area contributed by atoms with Crippen LogP contribution in [0.2, 0.25) is 0 Å². The standard InChI is InChI=1S/C20H34N6O/c27-19(8-6-14-24-12-3-1-2-4-13-24)25-15-5-7-17(25)20-23-22-18-9-10-21-11-16-26(18)20/h17,21H,1-16H2/t17-/m1/s1. The molecule has 4 heterocycles. The van der Waals surface area contributed by atoms with E-state index in [2.05, 4.69) is 29.9 Å². The summed E-state index contributed by atoms with van der Waals surface area (Å²) in [6.45, 7) is 7.17. The van der Waals surface area contributed by atoms with E-state index in [0.29, 0.717) is 12.3 Å². The fourth-order valence-electron chi connectivity index (χ4n) is 4.83. The second kappa shape index (κ2) is 9.15. The van der Waals surface area contributed by atoms with Crippen LogP contribution < -0.4 is 5.32 Å². The highest BCUT2D eigenvalue weighted by molar-refractivity contribution is 5.76. The first-order valence-corrected chi connectivity index (χ1v) is 11.0. The van der Waals surface area contributed by atoms with Crippen LogP contribution >= 0.6 is 0 Å². The van der Waals surface area contributed by atoms with Crippen molar-refractivity contribution in [3.63, 3.8) is 0 Å². The Morgan fingerprint density at radius 2 is 1.85 bits per heavy atom. The molecule has 3 aliphatic rings. The summed E-state index contributed by atoms with van der Waals surface area (Å²) in [5, 5.41) is 12.3. The number of nitrogens with one attached hydrogen (secondary N) is 1. The molecule has 1 atom stereocenters. The lowest BCUT2D eigenvalue weighted by Gasteiger charge is -2.25. The largest absolute Gasteiger partial charge is 0.332 e. The van der Waals surface area contributed by atoms with Gasteiger partial charge in [0, 0.05) is 39.0 Å². The summed E-state index contributed by atoms with van der Waals surface area (Å²) in [6.07, 6.45) is 10.0. The molecule has 1 aromatic heterocycles. The zero-order valence-electron chi connectivity index (χ0n) is 16.5. The van der Waals surface area contributed by atoms with Crippen molar-refractivity contribution in [2.75, 3.05) is 39.3 Å². The molecular weight excluding hydrogens is 340 g/mol. The van der Waals surface area contributed by atoms with E-state index >= 15 is 0 Å². The maximum absolute atomic E-state index is 12.9. The van der Waals surface area contributed by atoms with Gasteiger partial charge in [-0.1, -0.05) is 12.8 Å². The van der Waals surface area contributed by atoms with Crippen molar-refractivity contribution in [3.05, 3.63) is 11.6 Å². The first-order chi connectivity index (χ1) is 13.3. The molecule has 1 N–H and O–H groups in total. The van der Waals surface area contributed by atoms with Gasteiger partial charge in [-0.05, 0) is 51.7 Å². The second-order valence-corrected chi connectivity index (χ2v) is 8.23. The number of carbonyl (C=O) groups excluding carboxylic acids is 1. The number of fused-ring (bicyclic) bond motifs is 1. The highest BCUT2D eigenvalue weighted by Gasteiger charge is 2.34. The molecule has 7 heteroatoms. The molecule has 0 unspecified atom stereocenters. The van der Waals surface area contributed by atoms with Crippen LogP contribution in [0.3, 0.4) is 0 Å². The zero-order chi connectivity index (χ0) is 18.5. The normalized spacial score (nSPS) is 24.4. The van der Waals surface area contributed by atoms with Crippen molar-refractivity contribution in [2.45, 2.75) is 70.4 Å². The Kier molecular flexibility index (Phi) is 6.39. The van der Waals surface area contributed by atoms with Crippen molar-refractivity contribution in [3.8, 4) is 0 Å². The van der Waals surface area contributed by atoms with Gasteiger partial charge in [-0.3, -0.25) is 4.79 Å². The van der Waals surface area contributed by atoms with Crippen LogP contribution in [-0.2, 0) is 17.8 Å². The molecule has 0 aromatic carbocycles. The quantitative estimate of drug-likeness (QED) is 0.850. The van der Waals surface area contributed by atoms with Gasteiger partial charge in [0.05, 0.1) is 6.04 Å². The fraction of sp³-hybridized carbons (Fsp3) is 0.850. The number of hydrogen-bond donors (Lipinski definition) is 1. The van der Waals surface area contributed by atoms with Crippen molar-refractivity contribution in [1.82, 2.24) is 29.9 Å². The van der Waals surface area contributed by atoms with Gasteiger partial charge in [-0.2, -0.15) is 0 Å². The van der Waals surface area contributed by atoms with Gasteiger partial charge < -0.3 is 19.7 Å². The van der Waals surface area contributed by atoms with Crippen molar-refractivity contribution in [2.24, 2.45) is 0 Å².